The summed E-state index contributed by atoms with van der Waals surface area (Å²) in [6.45, 7) is 2.21. The van der Waals surface area contributed by atoms with E-state index in [1.165, 1.54) is 0 Å². The van der Waals surface area contributed by atoms with Crippen LogP contribution in [0, 0.1) is 6.92 Å². The van der Waals surface area contributed by atoms with Gasteiger partial charge in [-0.1, -0.05) is 0 Å². The number of methoxy groups -OCH3 is 1. The molecule has 5 nitrogen and oxygen atoms in total. The first-order valence-electron chi connectivity index (χ1n) is 6.81. The van der Waals surface area contributed by atoms with Gasteiger partial charge < -0.3 is 20.1 Å². The Labute approximate surface area is 123 Å². The van der Waals surface area contributed by atoms with Gasteiger partial charge in [0.05, 0.1) is 19.4 Å². The van der Waals surface area contributed by atoms with Crippen LogP contribution in [0.3, 0.4) is 0 Å². The molecular weight excluding hydrogens is 268 g/mol. The number of benzene rings is 1. The lowest BCUT2D eigenvalue weighted by atomic mass is 10.0. The van der Waals surface area contributed by atoms with Crippen molar-refractivity contribution in [3.63, 3.8) is 0 Å². The molecule has 0 bridgehead atoms. The lowest BCUT2D eigenvalue weighted by Gasteiger charge is -2.16. The molecule has 112 valence electrons. The summed E-state index contributed by atoms with van der Waals surface area (Å²) in [6.07, 6.45) is 0. The molecule has 3 N–H and O–H groups in total. The van der Waals surface area contributed by atoms with E-state index in [1.54, 1.807) is 11.7 Å². The molecule has 0 atom stereocenters. The number of aromatic nitrogens is 1. The highest BCUT2D eigenvalue weighted by molar-refractivity contribution is 5.62. The molecule has 0 unspecified atom stereocenters. The molecule has 0 amide bonds. The summed E-state index contributed by atoms with van der Waals surface area (Å²) < 4.78 is 6.71. The van der Waals surface area contributed by atoms with Gasteiger partial charge in [0.2, 0.25) is 0 Å². The predicted molar refractivity (Wildman–Crippen MR) is 82.4 cm³/mol. The largest absolute Gasteiger partial charge is 0.497 e. The molecule has 0 saturated carbocycles. The molecular formula is C16H20N2O3. The van der Waals surface area contributed by atoms with E-state index in [9.17, 15) is 9.90 Å². The number of nitrogens with zero attached hydrogens (tertiary/aromatic N) is 1. The first-order valence-corrected chi connectivity index (χ1v) is 6.81. The Morgan fingerprint density at radius 2 is 1.95 bits per heavy atom. The number of hydrogen-bond acceptors (Lipinski definition) is 4. The van der Waals surface area contributed by atoms with Gasteiger partial charge in [0, 0.05) is 18.7 Å². The maximum Gasteiger partial charge on any atom is 0.255 e. The average Bonchev–Trinajstić information content (AvgIpc) is 2.50. The van der Waals surface area contributed by atoms with Gasteiger partial charge in [-0.2, -0.15) is 0 Å². The van der Waals surface area contributed by atoms with E-state index in [1.807, 2.05) is 37.3 Å². The summed E-state index contributed by atoms with van der Waals surface area (Å²) in [6, 6.07) is 9.40. The van der Waals surface area contributed by atoms with Crippen molar-refractivity contribution < 1.29 is 9.84 Å². The van der Waals surface area contributed by atoms with Crippen LogP contribution in [-0.2, 0) is 13.1 Å². The number of rotatable bonds is 5. The first-order chi connectivity index (χ1) is 10.1. The van der Waals surface area contributed by atoms with Gasteiger partial charge in [0.1, 0.15) is 5.75 Å². The molecule has 0 radical (unpaired) electrons. The number of aryl methyl sites for hydroxylation is 1. The molecule has 2 aromatic rings. The fourth-order valence-corrected chi connectivity index (χ4v) is 2.38. The molecule has 0 aliphatic rings. The van der Waals surface area contributed by atoms with Gasteiger partial charge in [-0.3, -0.25) is 4.79 Å². The van der Waals surface area contributed by atoms with E-state index in [2.05, 4.69) is 0 Å². The maximum absolute atomic E-state index is 12.5. The zero-order valence-corrected chi connectivity index (χ0v) is 12.3. The van der Waals surface area contributed by atoms with E-state index in [4.69, 9.17) is 10.5 Å². The third-order valence-corrected chi connectivity index (χ3v) is 3.54. The second kappa shape index (κ2) is 6.56. The van der Waals surface area contributed by atoms with Crippen LogP contribution in [0.5, 0.6) is 5.75 Å². The second-order valence-electron chi connectivity index (χ2n) is 4.80. The summed E-state index contributed by atoms with van der Waals surface area (Å²) in [5, 5.41) is 9.22. The minimum atomic E-state index is -0.141. The van der Waals surface area contributed by atoms with Gasteiger partial charge in [-0.15, -0.1) is 0 Å². The van der Waals surface area contributed by atoms with Gasteiger partial charge in [-0.05, 0) is 48.4 Å². The van der Waals surface area contributed by atoms with E-state index in [0.717, 1.165) is 22.6 Å². The highest BCUT2D eigenvalue weighted by Crippen LogP contribution is 2.23. The Hall–Kier alpha value is -2.11. The molecule has 1 heterocycles. The Balaban J connectivity index is 2.63. The lowest BCUT2D eigenvalue weighted by Crippen LogP contribution is -2.29. The van der Waals surface area contributed by atoms with Crippen LogP contribution in [-0.4, -0.2) is 23.4 Å². The molecule has 1 aromatic carbocycles. The van der Waals surface area contributed by atoms with Crippen molar-refractivity contribution in [2.45, 2.75) is 20.0 Å². The summed E-state index contributed by atoms with van der Waals surface area (Å²) in [7, 11) is 1.61. The molecule has 0 fully saturated rings. The van der Waals surface area contributed by atoms with E-state index in [0.29, 0.717) is 5.56 Å². The molecule has 2 rings (SSSR count). The first kappa shape index (κ1) is 15.3. The Kier molecular flexibility index (Phi) is 4.77. The lowest BCUT2D eigenvalue weighted by molar-refractivity contribution is 0.274. The molecule has 21 heavy (non-hydrogen) atoms. The third kappa shape index (κ3) is 2.99. The van der Waals surface area contributed by atoms with Crippen LogP contribution < -0.4 is 16.0 Å². The predicted octanol–water partition coefficient (Wildman–Crippen LogP) is 1.28. The Bertz CT molecular complexity index is 675. The van der Waals surface area contributed by atoms with Crippen LogP contribution in [0.25, 0.3) is 11.3 Å². The highest BCUT2D eigenvalue weighted by atomic mass is 16.5. The van der Waals surface area contributed by atoms with Gasteiger partial charge >= 0.3 is 0 Å². The van der Waals surface area contributed by atoms with Crippen molar-refractivity contribution in [2.24, 2.45) is 5.73 Å². The monoisotopic (exact) mass is 288 g/mol. The fourth-order valence-electron chi connectivity index (χ4n) is 2.38. The average molecular weight is 288 g/mol. The quantitative estimate of drug-likeness (QED) is 0.869. The van der Waals surface area contributed by atoms with E-state index < -0.39 is 0 Å². The number of hydrogen-bond donors (Lipinski definition) is 2. The molecule has 0 spiro atoms. The topological polar surface area (TPSA) is 77.5 Å². The zero-order valence-electron chi connectivity index (χ0n) is 12.3. The van der Waals surface area contributed by atoms with Gasteiger partial charge in [0.15, 0.2) is 0 Å². The van der Waals surface area contributed by atoms with Crippen molar-refractivity contribution in [2.75, 3.05) is 13.7 Å². The maximum atomic E-state index is 12.5. The van der Waals surface area contributed by atoms with Crippen molar-refractivity contribution >= 4 is 0 Å². The third-order valence-electron chi connectivity index (χ3n) is 3.54. The minimum Gasteiger partial charge on any atom is -0.497 e. The fraction of sp³-hybridized carbons (Fsp3) is 0.312. The number of aliphatic hydroxyl groups excluding tert-OH is 1. The van der Waals surface area contributed by atoms with E-state index in [-0.39, 0.29) is 25.3 Å². The standard InChI is InChI=1S/C16H20N2O3/c1-11-9-15(12-3-5-13(21-2)6-4-12)18(7-8-19)16(20)14(11)10-17/h3-6,9,19H,7-8,10,17H2,1-2H3. The van der Waals surface area contributed by atoms with Crippen LogP contribution in [0.1, 0.15) is 11.1 Å². The zero-order chi connectivity index (χ0) is 15.4. The molecule has 5 heteroatoms. The van der Waals surface area contributed by atoms with Crippen molar-refractivity contribution in [1.29, 1.82) is 0 Å². The van der Waals surface area contributed by atoms with Gasteiger partial charge in [-0.25, -0.2) is 0 Å². The number of pyridine rings is 1. The molecule has 0 saturated heterocycles. The molecule has 0 aliphatic carbocycles. The smallest absolute Gasteiger partial charge is 0.255 e. The van der Waals surface area contributed by atoms with Crippen LogP contribution in [0.4, 0.5) is 0 Å². The van der Waals surface area contributed by atoms with E-state index >= 15 is 0 Å². The van der Waals surface area contributed by atoms with Crippen LogP contribution >= 0.6 is 0 Å². The van der Waals surface area contributed by atoms with Crippen LogP contribution in [0.15, 0.2) is 35.1 Å². The van der Waals surface area contributed by atoms with Crippen molar-refractivity contribution in [3.8, 4) is 17.0 Å². The number of ether oxygens (including phenoxy) is 1. The molecule has 0 aliphatic heterocycles. The van der Waals surface area contributed by atoms with Crippen molar-refractivity contribution in [3.05, 3.63) is 51.8 Å². The second-order valence-corrected chi connectivity index (χ2v) is 4.80. The van der Waals surface area contributed by atoms with Crippen molar-refractivity contribution in [1.82, 2.24) is 4.57 Å². The number of nitrogens with two attached hydrogens (primary N) is 1. The summed E-state index contributed by atoms with van der Waals surface area (Å²) >= 11 is 0. The number of aliphatic hydroxyl groups is 1. The van der Waals surface area contributed by atoms with Crippen LogP contribution in [0.2, 0.25) is 0 Å². The molecule has 1 aromatic heterocycles. The normalized spacial score (nSPS) is 10.7. The summed E-state index contributed by atoms with van der Waals surface area (Å²) in [5.74, 6) is 0.755. The summed E-state index contributed by atoms with van der Waals surface area (Å²) in [5.41, 5.74) is 8.62. The summed E-state index contributed by atoms with van der Waals surface area (Å²) in [4.78, 5) is 12.5. The Morgan fingerprint density at radius 1 is 1.29 bits per heavy atom. The highest BCUT2D eigenvalue weighted by Gasteiger charge is 2.12. The minimum absolute atomic E-state index is 0.101. The SMILES string of the molecule is COc1ccc(-c2cc(C)c(CN)c(=O)n2CCO)cc1. The Morgan fingerprint density at radius 3 is 2.48 bits per heavy atom. The van der Waals surface area contributed by atoms with Gasteiger partial charge in [0.25, 0.3) is 5.56 Å².